The van der Waals surface area contributed by atoms with E-state index in [2.05, 4.69) is 11.4 Å². The first-order valence-corrected chi connectivity index (χ1v) is 5.22. The molecule has 0 aliphatic heterocycles. The van der Waals surface area contributed by atoms with Gasteiger partial charge >= 0.3 is 5.97 Å². The Labute approximate surface area is 91.6 Å². The summed E-state index contributed by atoms with van der Waals surface area (Å²) in [7, 11) is 1.38. The Hall–Kier alpha value is -1.08. The Balaban J connectivity index is 4.25. The smallest absolute Gasteiger partial charge is 0.322 e. The number of nitrogens with zero attached hydrogens (tertiary/aromatic N) is 1. The lowest BCUT2D eigenvalue weighted by molar-refractivity contribution is -0.143. The summed E-state index contributed by atoms with van der Waals surface area (Å²) in [4.78, 5) is 11.4. The number of hydrogen-bond acceptors (Lipinski definition) is 4. The maximum atomic E-state index is 11.4. The number of esters is 1. The molecule has 4 nitrogen and oxygen atoms in total. The fourth-order valence-electron chi connectivity index (χ4n) is 1.39. The summed E-state index contributed by atoms with van der Waals surface area (Å²) in [5.41, 5.74) is 0. The van der Waals surface area contributed by atoms with Crippen molar-refractivity contribution in [3.63, 3.8) is 0 Å². The first-order chi connectivity index (χ1) is 7.01. The molecule has 0 aromatic carbocycles. The van der Waals surface area contributed by atoms with Gasteiger partial charge in [-0.25, -0.2) is 0 Å². The van der Waals surface area contributed by atoms with Crippen molar-refractivity contribution in [2.45, 2.75) is 45.7 Å². The van der Waals surface area contributed by atoms with Crippen molar-refractivity contribution in [3.05, 3.63) is 0 Å². The lowest BCUT2D eigenvalue weighted by Crippen LogP contribution is -2.43. The van der Waals surface area contributed by atoms with Crippen LogP contribution in [0.25, 0.3) is 0 Å². The van der Waals surface area contributed by atoms with Crippen LogP contribution in [-0.4, -0.2) is 25.2 Å². The molecule has 0 aliphatic rings. The van der Waals surface area contributed by atoms with Gasteiger partial charge in [0.25, 0.3) is 0 Å². The van der Waals surface area contributed by atoms with E-state index in [0.717, 1.165) is 6.42 Å². The van der Waals surface area contributed by atoms with Crippen molar-refractivity contribution in [2.75, 3.05) is 7.11 Å². The SMILES string of the molecule is COC(=O)C(CC(C)C)NC(C)CC#N. The Kier molecular flexibility index (Phi) is 6.72. The quantitative estimate of drug-likeness (QED) is 0.677. The van der Waals surface area contributed by atoms with Crippen LogP contribution in [0, 0.1) is 17.2 Å². The van der Waals surface area contributed by atoms with Gasteiger partial charge in [-0.3, -0.25) is 4.79 Å². The topological polar surface area (TPSA) is 62.1 Å². The van der Waals surface area contributed by atoms with Gasteiger partial charge in [0.1, 0.15) is 6.04 Å². The van der Waals surface area contributed by atoms with Gasteiger partial charge in [0.15, 0.2) is 0 Å². The molecule has 0 fully saturated rings. The van der Waals surface area contributed by atoms with E-state index in [1.165, 1.54) is 7.11 Å². The molecule has 0 aromatic heterocycles. The Morgan fingerprint density at radius 1 is 1.47 bits per heavy atom. The standard InChI is InChI=1S/C11H20N2O2/c1-8(2)7-10(11(14)15-4)13-9(3)5-6-12/h8-10,13H,5,7H2,1-4H3. The molecule has 1 N–H and O–H groups in total. The minimum Gasteiger partial charge on any atom is -0.468 e. The number of carbonyl (C=O) groups is 1. The maximum absolute atomic E-state index is 11.4. The zero-order chi connectivity index (χ0) is 11.8. The molecule has 86 valence electrons. The minimum atomic E-state index is -0.307. The van der Waals surface area contributed by atoms with Crippen molar-refractivity contribution in [1.29, 1.82) is 5.26 Å². The van der Waals surface area contributed by atoms with Crippen LogP contribution in [-0.2, 0) is 9.53 Å². The summed E-state index contributed by atoms with van der Waals surface area (Å²) in [6.07, 6.45) is 1.12. The largest absolute Gasteiger partial charge is 0.468 e. The average molecular weight is 212 g/mol. The number of methoxy groups -OCH3 is 1. The third kappa shape index (κ3) is 6.08. The van der Waals surface area contributed by atoms with E-state index >= 15 is 0 Å². The number of carbonyl (C=O) groups excluding carboxylic acids is 1. The molecular formula is C11H20N2O2. The molecule has 0 radical (unpaired) electrons. The first kappa shape index (κ1) is 13.9. The van der Waals surface area contributed by atoms with Crippen LogP contribution in [0.5, 0.6) is 0 Å². The summed E-state index contributed by atoms with van der Waals surface area (Å²) in [5, 5.41) is 11.6. The molecule has 0 amide bonds. The fraction of sp³-hybridized carbons (Fsp3) is 0.818. The highest BCUT2D eigenvalue weighted by atomic mass is 16.5. The zero-order valence-electron chi connectivity index (χ0n) is 9.91. The molecule has 0 aliphatic carbocycles. The Morgan fingerprint density at radius 2 is 2.07 bits per heavy atom. The van der Waals surface area contributed by atoms with Crippen molar-refractivity contribution in [2.24, 2.45) is 5.92 Å². The zero-order valence-corrected chi connectivity index (χ0v) is 9.91. The lowest BCUT2D eigenvalue weighted by Gasteiger charge is -2.21. The van der Waals surface area contributed by atoms with Crippen LogP contribution in [0.4, 0.5) is 0 Å². The van der Waals surface area contributed by atoms with Gasteiger partial charge in [0.2, 0.25) is 0 Å². The molecule has 4 heteroatoms. The number of rotatable bonds is 6. The number of hydrogen-bond donors (Lipinski definition) is 1. The van der Waals surface area contributed by atoms with Crippen LogP contribution in [0.15, 0.2) is 0 Å². The lowest BCUT2D eigenvalue weighted by atomic mass is 10.0. The predicted octanol–water partition coefficient (Wildman–Crippen LogP) is 1.47. The maximum Gasteiger partial charge on any atom is 0.322 e. The van der Waals surface area contributed by atoms with Crippen molar-refractivity contribution < 1.29 is 9.53 Å². The van der Waals surface area contributed by atoms with Crippen LogP contribution in [0.1, 0.15) is 33.6 Å². The Morgan fingerprint density at radius 3 is 2.47 bits per heavy atom. The van der Waals surface area contributed by atoms with Gasteiger partial charge in [-0.2, -0.15) is 5.26 Å². The highest BCUT2D eigenvalue weighted by Crippen LogP contribution is 2.07. The summed E-state index contributed by atoms with van der Waals surface area (Å²) in [6.45, 7) is 5.98. The highest BCUT2D eigenvalue weighted by Gasteiger charge is 2.21. The van der Waals surface area contributed by atoms with E-state index in [-0.39, 0.29) is 18.1 Å². The Bertz CT molecular complexity index is 233. The number of ether oxygens (including phenoxy) is 1. The van der Waals surface area contributed by atoms with Gasteiger partial charge in [0.05, 0.1) is 19.6 Å². The van der Waals surface area contributed by atoms with Gasteiger partial charge in [-0.05, 0) is 19.3 Å². The molecule has 0 heterocycles. The normalized spacial score (nSPS) is 14.4. The second-order valence-electron chi connectivity index (χ2n) is 4.14. The van der Waals surface area contributed by atoms with Crippen molar-refractivity contribution in [1.82, 2.24) is 5.32 Å². The van der Waals surface area contributed by atoms with Crippen molar-refractivity contribution >= 4 is 5.97 Å². The molecule has 0 rings (SSSR count). The average Bonchev–Trinajstić information content (AvgIpc) is 2.15. The molecule has 0 spiro atoms. The fourth-order valence-corrected chi connectivity index (χ4v) is 1.39. The van der Waals surface area contributed by atoms with Crippen LogP contribution in [0.2, 0.25) is 0 Å². The second-order valence-corrected chi connectivity index (χ2v) is 4.14. The first-order valence-electron chi connectivity index (χ1n) is 5.22. The van der Waals surface area contributed by atoms with Gasteiger partial charge in [0, 0.05) is 6.04 Å². The molecule has 2 unspecified atom stereocenters. The van der Waals surface area contributed by atoms with E-state index in [4.69, 9.17) is 10.00 Å². The third-order valence-electron chi connectivity index (χ3n) is 2.08. The molecule has 0 saturated carbocycles. The second kappa shape index (κ2) is 7.24. The number of nitriles is 1. The summed E-state index contributed by atoms with van der Waals surface area (Å²) in [6, 6.07) is 1.77. The highest BCUT2D eigenvalue weighted by molar-refractivity contribution is 5.75. The third-order valence-corrected chi connectivity index (χ3v) is 2.08. The van der Waals surface area contributed by atoms with Crippen molar-refractivity contribution in [3.8, 4) is 6.07 Å². The minimum absolute atomic E-state index is 0.0119. The molecule has 0 aromatic rings. The molecule has 2 atom stereocenters. The molecule has 0 saturated heterocycles. The van der Waals surface area contributed by atoms with Crippen LogP contribution >= 0.6 is 0 Å². The van der Waals surface area contributed by atoms with E-state index in [1.54, 1.807) is 0 Å². The van der Waals surface area contributed by atoms with Crippen LogP contribution in [0.3, 0.4) is 0 Å². The molecule has 15 heavy (non-hydrogen) atoms. The summed E-state index contributed by atoms with van der Waals surface area (Å²) >= 11 is 0. The van der Waals surface area contributed by atoms with Gasteiger partial charge < -0.3 is 10.1 Å². The van der Waals surface area contributed by atoms with E-state index in [9.17, 15) is 4.79 Å². The van der Waals surface area contributed by atoms with Crippen LogP contribution < -0.4 is 5.32 Å². The van der Waals surface area contributed by atoms with Gasteiger partial charge in [-0.1, -0.05) is 13.8 Å². The summed E-state index contributed by atoms with van der Waals surface area (Å²) in [5.74, 6) is 0.157. The molecule has 0 bridgehead atoms. The van der Waals surface area contributed by atoms with E-state index < -0.39 is 0 Å². The number of nitrogens with one attached hydrogen (secondary N) is 1. The monoisotopic (exact) mass is 212 g/mol. The summed E-state index contributed by atoms with van der Waals surface area (Å²) < 4.78 is 4.71. The predicted molar refractivity (Wildman–Crippen MR) is 58.1 cm³/mol. The van der Waals surface area contributed by atoms with E-state index in [0.29, 0.717) is 12.3 Å². The van der Waals surface area contributed by atoms with E-state index in [1.807, 2.05) is 20.8 Å². The van der Waals surface area contributed by atoms with Gasteiger partial charge in [-0.15, -0.1) is 0 Å². The molecular weight excluding hydrogens is 192 g/mol.